The summed E-state index contributed by atoms with van der Waals surface area (Å²) in [5, 5.41) is 9.68. The predicted molar refractivity (Wildman–Crippen MR) is 134 cm³/mol. The smallest absolute Gasteiger partial charge is 0.270 e. The molecule has 33 heavy (non-hydrogen) atoms. The van der Waals surface area contributed by atoms with Crippen molar-refractivity contribution in [1.29, 1.82) is 5.26 Å². The van der Waals surface area contributed by atoms with Crippen LogP contribution in [0, 0.1) is 18.3 Å². The van der Waals surface area contributed by atoms with E-state index in [0.29, 0.717) is 33.3 Å². The third kappa shape index (κ3) is 4.36. The van der Waals surface area contributed by atoms with Gasteiger partial charge in [-0.2, -0.15) is 5.26 Å². The number of nitriles is 1. The van der Waals surface area contributed by atoms with Gasteiger partial charge in [-0.1, -0.05) is 24.0 Å². The van der Waals surface area contributed by atoms with E-state index in [2.05, 4.69) is 4.90 Å². The summed E-state index contributed by atoms with van der Waals surface area (Å²) in [5.74, 6) is 0.388. The average molecular weight is 507 g/mol. The van der Waals surface area contributed by atoms with Crippen molar-refractivity contribution >= 4 is 55.9 Å². The fourth-order valence-corrected chi connectivity index (χ4v) is 7.87. The molecular weight excluding hydrogens is 480 g/mol. The number of carbonyl (C=O) groups excluding carboxylic acids is 1. The zero-order valence-electron chi connectivity index (χ0n) is 18.7. The summed E-state index contributed by atoms with van der Waals surface area (Å²) in [4.78, 5) is 30.3. The fraction of sp³-hybridized carbons (Fsp3) is 0.545. The molecule has 0 aromatic carbocycles. The number of piperidine rings is 1. The molecule has 0 spiro atoms. The molecular formula is C22H26N4O4S3. The van der Waals surface area contributed by atoms with Crippen LogP contribution in [0.2, 0.25) is 0 Å². The Hall–Kier alpha value is -2.16. The minimum atomic E-state index is -3.17. The van der Waals surface area contributed by atoms with Crippen molar-refractivity contribution in [3.63, 3.8) is 0 Å². The Labute approximate surface area is 203 Å². The van der Waals surface area contributed by atoms with Gasteiger partial charge in [-0.3, -0.25) is 19.1 Å². The van der Waals surface area contributed by atoms with Gasteiger partial charge in [-0.05, 0) is 51.2 Å². The van der Waals surface area contributed by atoms with E-state index in [0.717, 1.165) is 49.9 Å². The first kappa shape index (κ1) is 24.0. The number of sulfone groups is 1. The van der Waals surface area contributed by atoms with Crippen LogP contribution in [-0.4, -0.2) is 58.7 Å². The molecule has 0 radical (unpaired) electrons. The number of nitrogens with zero attached hydrogens (tertiary/aromatic N) is 4. The summed E-state index contributed by atoms with van der Waals surface area (Å²) in [6.07, 6.45) is 5.25. The van der Waals surface area contributed by atoms with E-state index >= 15 is 0 Å². The minimum Gasteiger partial charge on any atom is -0.357 e. The molecule has 0 aliphatic carbocycles. The van der Waals surface area contributed by atoms with Crippen LogP contribution in [0.15, 0.2) is 9.70 Å². The van der Waals surface area contributed by atoms with Crippen LogP contribution in [0.25, 0.3) is 6.08 Å². The van der Waals surface area contributed by atoms with Crippen LogP contribution in [0.3, 0.4) is 0 Å². The van der Waals surface area contributed by atoms with E-state index in [1.54, 1.807) is 17.6 Å². The fourth-order valence-electron chi connectivity index (χ4n) is 4.79. The Kier molecular flexibility index (Phi) is 6.71. The number of thiocarbonyl (C=S) groups is 1. The Bertz CT molecular complexity index is 1250. The maximum absolute atomic E-state index is 13.3. The van der Waals surface area contributed by atoms with Gasteiger partial charge in [0.1, 0.15) is 21.8 Å². The monoisotopic (exact) mass is 506 g/mol. The maximum atomic E-state index is 13.3. The van der Waals surface area contributed by atoms with E-state index in [1.165, 1.54) is 4.90 Å². The molecule has 4 rings (SSSR count). The first-order valence-corrected chi connectivity index (χ1v) is 14.1. The molecule has 176 valence electrons. The number of anilines is 1. The van der Waals surface area contributed by atoms with Crippen LogP contribution in [0.4, 0.5) is 5.82 Å². The molecule has 3 saturated heterocycles. The van der Waals surface area contributed by atoms with Gasteiger partial charge in [0, 0.05) is 25.2 Å². The number of carbonyl (C=O) groups is 1. The molecule has 1 unspecified atom stereocenters. The highest BCUT2D eigenvalue weighted by Gasteiger charge is 2.42. The zero-order chi connectivity index (χ0) is 23.9. The summed E-state index contributed by atoms with van der Waals surface area (Å²) in [7, 11) is -3.17. The summed E-state index contributed by atoms with van der Waals surface area (Å²) < 4.78 is 25.9. The zero-order valence-corrected chi connectivity index (χ0v) is 21.1. The Morgan fingerprint density at radius 2 is 1.94 bits per heavy atom. The Morgan fingerprint density at radius 1 is 1.24 bits per heavy atom. The Morgan fingerprint density at radius 3 is 2.52 bits per heavy atom. The van der Waals surface area contributed by atoms with E-state index in [4.69, 9.17) is 12.2 Å². The second-order valence-corrected chi connectivity index (χ2v) is 12.5. The van der Waals surface area contributed by atoms with Crippen molar-refractivity contribution < 1.29 is 13.2 Å². The highest BCUT2D eigenvalue weighted by atomic mass is 32.2. The standard InChI is InChI=1S/C22H26N4O4S3/c1-3-25-19(24-8-5-4-6-9-24)16(14(2)17(12-23)20(25)27)11-18-21(28)26(22(31)32-18)15-7-10-33(29,30)13-15/h11,15H,3-10,13H2,1-2H3/b18-11+. The Balaban J connectivity index is 1.83. The first-order valence-electron chi connectivity index (χ1n) is 11.1. The van der Waals surface area contributed by atoms with E-state index < -0.39 is 15.9 Å². The van der Waals surface area contributed by atoms with Crippen LogP contribution in [0.1, 0.15) is 49.3 Å². The first-order chi connectivity index (χ1) is 15.7. The SMILES string of the molecule is CCn1c(N2CCCCC2)c(/C=C2/SC(=S)N(C3CCS(=O)(=O)C3)C2=O)c(C)c(C#N)c1=O. The molecule has 3 aliphatic rings. The molecule has 1 amide bonds. The predicted octanol–water partition coefficient (Wildman–Crippen LogP) is 2.43. The molecule has 0 N–H and O–H groups in total. The van der Waals surface area contributed by atoms with Gasteiger partial charge in [0.15, 0.2) is 9.84 Å². The molecule has 4 heterocycles. The second kappa shape index (κ2) is 9.24. The van der Waals surface area contributed by atoms with Gasteiger partial charge in [0.05, 0.1) is 22.5 Å². The molecule has 0 saturated carbocycles. The molecule has 3 fully saturated rings. The lowest BCUT2D eigenvalue weighted by Crippen LogP contribution is -2.39. The van der Waals surface area contributed by atoms with Gasteiger partial charge in [-0.25, -0.2) is 8.42 Å². The second-order valence-electron chi connectivity index (χ2n) is 8.55. The molecule has 1 aromatic rings. The van der Waals surface area contributed by atoms with Crippen LogP contribution in [-0.2, 0) is 21.2 Å². The number of amides is 1. The molecule has 11 heteroatoms. The summed E-state index contributed by atoms with van der Waals surface area (Å²) in [6, 6.07) is 1.59. The summed E-state index contributed by atoms with van der Waals surface area (Å²) >= 11 is 6.59. The van der Waals surface area contributed by atoms with Crippen molar-refractivity contribution in [1.82, 2.24) is 9.47 Å². The number of aromatic nitrogens is 1. The van der Waals surface area contributed by atoms with Crippen LogP contribution in [0.5, 0.6) is 0 Å². The van der Waals surface area contributed by atoms with Crippen LogP contribution >= 0.6 is 24.0 Å². The maximum Gasteiger partial charge on any atom is 0.270 e. The van der Waals surface area contributed by atoms with Gasteiger partial charge in [0.2, 0.25) is 0 Å². The lowest BCUT2D eigenvalue weighted by atomic mass is 10.0. The third-order valence-corrected chi connectivity index (χ3v) is 9.57. The topological polar surface area (TPSA) is 103 Å². The van der Waals surface area contributed by atoms with E-state index in [-0.39, 0.29) is 28.5 Å². The van der Waals surface area contributed by atoms with Crippen molar-refractivity contribution in [2.24, 2.45) is 0 Å². The number of rotatable bonds is 4. The lowest BCUT2D eigenvalue weighted by Gasteiger charge is -2.33. The quantitative estimate of drug-likeness (QED) is 0.453. The molecule has 0 bridgehead atoms. The van der Waals surface area contributed by atoms with Gasteiger partial charge in [-0.15, -0.1) is 0 Å². The third-order valence-electron chi connectivity index (χ3n) is 6.49. The molecule has 1 aromatic heterocycles. The molecule has 1 atom stereocenters. The van der Waals surface area contributed by atoms with Crippen molar-refractivity contribution in [3.05, 3.63) is 31.9 Å². The summed E-state index contributed by atoms with van der Waals surface area (Å²) in [6.45, 7) is 5.61. The van der Waals surface area contributed by atoms with Gasteiger partial charge < -0.3 is 4.90 Å². The molecule has 8 nitrogen and oxygen atoms in total. The number of pyridine rings is 1. The van der Waals surface area contributed by atoms with Gasteiger partial charge >= 0.3 is 0 Å². The normalized spacial score (nSPS) is 24.0. The van der Waals surface area contributed by atoms with E-state index in [9.17, 15) is 23.3 Å². The van der Waals surface area contributed by atoms with E-state index in [1.807, 2.05) is 13.0 Å². The van der Waals surface area contributed by atoms with Crippen molar-refractivity contribution in [2.75, 3.05) is 29.5 Å². The highest BCUT2D eigenvalue weighted by Crippen LogP contribution is 2.38. The average Bonchev–Trinajstić information content (AvgIpc) is 3.27. The highest BCUT2D eigenvalue weighted by molar-refractivity contribution is 8.26. The molecule has 3 aliphatic heterocycles. The minimum absolute atomic E-state index is 0.0545. The lowest BCUT2D eigenvalue weighted by molar-refractivity contribution is -0.123. The largest absolute Gasteiger partial charge is 0.357 e. The van der Waals surface area contributed by atoms with Crippen LogP contribution < -0.4 is 10.5 Å². The number of hydrogen-bond acceptors (Lipinski definition) is 8. The van der Waals surface area contributed by atoms with Crippen molar-refractivity contribution in [3.8, 4) is 6.07 Å². The van der Waals surface area contributed by atoms with Gasteiger partial charge in [0.25, 0.3) is 11.5 Å². The number of thioether (sulfide) groups is 1. The summed E-state index contributed by atoms with van der Waals surface area (Å²) in [5.41, 5.74) is 0.969. The van der Waals surface area contributed by atoms with Crippen molar-refractivity contribution in [2.45, 2.75) is 52.1 Å². The number of hydrogen-bond donors (Lipinski definition) is 0.